The van der Waals surface area contributed by atoms with Gasteiger partial charge in [-0.25, -0.2) is 9.59 Å². The van der Waals surface area contributed by atoms with Gasteiger partial charge in [-0.1, -0.05) is 73.7 Å². The first-order valence-corrected chi connectivity index (χ1v) is 7.90. The normalized spacial score (nSPS) is 18.6. The van der Waals surface area contributed by atoms with E-state index in [2.05, 4.69) is 6.58 Å². The fourth-order valence-electron chi connectivity index (χ4n) is 3.07. The van der Waals surface area contributed by atoms with E-state index in [-0.39, 0.29) is 5.92 Å². The molecule has 0 radical (unpaired) electrons. The molecule has 1 saturated heterocycles. The molecule has 0 bridgehead atoms. The van der Waals surface area contributed by atoms with Gasteiger partial charge in [0.15, 0.2) is 0 Å². The van der Waals surface area contributed by atoms with Gasteiger partial charge in [0.2, 0.25) is 0 Å². The first kappa shape index (κ1) is 16.0. The van der Waals surface area contributed by atoms with Crippen LogP contribution in [0.4, 0.5) is 4.79 Å². The second-order valence-corrected chi connectivity index (χ2v) is 5.86. The Bertz CT molecular complexity index is 702. The number of ether oxygens (including phenoxy) is 1. The summed E-state index contributed by atoms with van der Waals surface area (Å²) in [5, 5.41) is 0. The van der Waals surface area contributed by atoms with E-state index in [0.29, 0.717) is 0 Å². The molecule has 0 N–H and O–H groups in total. The number of carbonyl (C=O) groups excluding carboxylic acids is 2. The van der Waals surface area contributed by atoms with Gasteiger partial charge in [0, 0.05) is 5.92 Å². The van der Waals surface area contributed by atoms with Gasteiger partial charge < -0.3 is 4.74 Å². The third kappa shape index (κ3) is 2.83. The molecule has 1 amide bonds. The van der Waals surface area contributed by atoms with E-state index in [4.69, 9.17) is 4.74 Å². The van der Waals surface area contributed by atoms with Gasteiger partial charge in [0.25, 0.3) is 0 Å². The Morgan fingerprint density at radius 1 is 1.00 bits per heavy atom. The Morgan fingerprint density at radius 3 is 1.96 bits per heavy atom. The van der Waals surface area contributed by atoms with Crippen molar-refractivity contribution in [3.63, 3.8) is 0 Å². The molecule has 0 aliphatic carbocycles. The molecule has 1 aliphatic heterocycles. The number of hydrogen-bond acceptors (Lipinski definition) is 3. The van der Waals surface area contributed by atoms with Crippen molar-refractivity contribution in [3.8, 4) is 0 Å². The SMILES string of the molecule is C=CC(C)C1C(=O)OC(=O)N1C(c1ccccc1)c1ccccc1. The highest BCUT2D eigenvalue weighted by molar-refractivity contribution is 5.96. The molecule has 0 aromatic heterocycles. The van der Waals surface area contributed by atoms with Crippen LogP contribution in [0, 0.1) is 5.92 Å². The zero-order chi connectivity index (χ0) is 17.1. The molecule has 1 heterocycles. The maximum atomic E-state index is 12.5. The third-order valence-corrected chi connectivity index (χ3v) is 4.32. The summed E-state index contributed by atoms with van der Waals surface area (Å²) in [4.78, 5) is 26.2. The predicted molar refractivity (Wildman–Crippen MR) is 91.2 cm³/mol. The maximum absolute atomic E-state index is 12.5. The van der Waals surface area contributed by atoms with Crippen molar-refractivity contribution in [2.75, 3.05) is 0 Å². The van der Waals surface area contributed by atoms with Gasteiger partial charge >= 0.3 is 12.1 Å². The molecule has 2 atom stereocenters. The summed E-state index contributed by atoms with van der Waals surface area (Å²) in [6.07, 6.45) is 1.06. The van der Waals surface area contributed by atoms with E-state index in [0.717, 1.165) is 11.1 Å². The lowest BCUT2D eigenvalue weighted by Crippen LogP contribution is -2.42. The fourth-order valence-corrected chi connectivity index (χ4v) is 3.07. The highest BCUT2D eigenvalue weighted by Gasteiger charge is 2.47. The smallest absolute Gasteiger partial charge is 0.375 e. The monoisotopic (exact) mass is 321 g/mol. The summed E-state index contributed by atoms with van der Waals surface area (Å²) in [5.74, 6) is -0.733. The van der Waals surface area contributed by atoms with Crippen LogP contribution in [-0.4, -0.2) is 23.0 Å². The number of hydrogen-bond donors (Lipinski definition) is 0. The standard InChI is InChI=1S/C20H19NO3/c1-3-14(2)17-19(22)24-20(23)21(17)18(15-10-6-4-7-11-15)16-12-8-5-9-13-16/h3-14,17-18H,1H2,2H3. The van der Waals surface area contributed by atoms with Crippen LogP contribution in [0.25, 0.3) is 0 Å². The molecule has 122 valence electrons. The van der Waals surface area contributed by atoms with Crippen LogP contribution in [0.5, 0.6) is 0 Å². The van der Waals surface area contributed by atoms with Crippen molar-refractivity contribution in [2.45, 2.75) is 19.0 Å². The lowest BCUT2D eigenvalue weighted by molar-refractivity contribution is -0.136. The Balaban J connectivity index is 2.12. The molecule has 24 heavy (non-hydrogen) atoms. The molecule has 1 aliphatic rings. The van der Waals surface area contributed by atoms with Crippen LogP contribution in [0.1, 0.15) is 24.1 Å². The number of amides is 1. The van der Waals surface area contributed by atoms with E-state index >= 15 is 0 Å². The lowest BCUT2D eigenvalue weighted by atomic mass is 9.93. The Labute approximate surface area is 141 Å². The second-order valence-electron chi connectivity index (χ2n) is 5.86. The highest BCUT2D eigenvalue weighted by Crippen LogP contribution is 2.36. The third-order valence-electron chi connectivity index (χ3n) is 4.32. The average Bonchev–Trinajstić information content (AvgIpc) is 2.91. The Kier molecular flexibility index (Phi) is 4.47. The summed E-state index contributed by atoms with van der Waals surface area (Å²) in [7, 11) is 0. The van der Waals surface area contributed by atoms with E-state index < -0.39 is 24.1 Å². The van der Waals surface area contributed by atoms with Crippen LogP contribution in [0.3, 0.4) is 0 Å². The number of cyclic esters (lactones) is 2. The fraction of sp³-hybridized carbons (Fsp3) is 0.200. The summed E-state index contributed by atoms with van der Waals surface area (Å²) < 4.78 is 4.93. The van der Waals surface area contributed by atoms with E-state index in [1.54, 1.807) is 6.08 Å². The molecule has 0 spiro atoms. The minimum absolute atomic E-state index is 0.209. The van der Waals surface area contributed by atoms with Crippen LogP contribution in [-0.2, 0) is 9.53 Å². The summed E-state index contributed by atoms with van der Waals surface area (Å²) in [6, 6.07) is 18.2. The van der Waals surface area contributed by atoms with Crippen molar-refractivity contribution in [1.29, 1.82) is 0 Å². The number of rotatable bonds is 5. The molecule has 4 heteroatoms. The summed E-state index contributed by atoms with van der Waals surface area (Å²) >= 11 is 0. The van der Waals surface area contributed by atoms with Gasteiger partial charge in [-0.05, 0) is 11.1 Å². The zero-order valence-electron chi connectivity index (χ0n) is 13.5. The molecule has 2 aromatic carbocycles. The largest absolute Gasteiger partial charge is 0.419 e. The number of benzene rings is 2. The molecule has 3 rings (SSSR count). The van der Waals surface area contributed by atoms with Crippen molar-refractivity contribution in [1.82, 2.24) is 4.90 Å². The molecule has 2 aromatic rings. The minimum atomic E-state index is -0.680. The van der Waals surface area contributed by atoms with Gasteiger partial charge in [-0.3, -0.25) is 4.90 Å². The topological polar surface area (TPSA) is 46.6 Å². The van der Waals surface area contributed by atoms with Crippen molar-refractivity contribution < 1.29 is 14.3 Å². The van der Waals surface area contributed by atoms with E-state index in [1.807, 2.05) is 67.6 Å². The van der Waals surface area contributed by atoms with Crippen molar-refractivity contribution >= 4 is 12.1 Å². The van der Waals surface area contributed by atoms with Crippen molar-refractivity contribution in [3.05, 3.63) is 84.4 Å². The van der Waals surface area contributed by atoms with E-state index in [9.17, 15) is 9.59 Å². The minimum Gasteiger partial charge on any atom is -0.375 e. The van der Waals surface area contributed by atoms with Gasteiger partial charge in [0.05, 0.1) is 6.04 Å². The molecular formula is C20H19NO3. The quantitative estimate of drug-likeness (QED) is 0.476. The van der Waals surface area contributed by atoms with Crippen LogP contribution >= 0.6 is 0 Å². The molecule has 1 fully saturated rings. The van der Waals surface area contributed by atoms with Crippen LogP contribution < -0.4 is 0 Å². The molecular weight excluding hydrogens is 302 g/mol. The van der Waals surface area contributed by atoms with Crippen LogP contribution in [0.15, 0.2) is 73.3 Å². The second kappa shape index (κ2) is 6.71. The molecule has 2 unspecified atom stereocenters. The number of esters is 1. The predicted octanol–water partition coefficient (Wildman–Crippen LogP) is 3.95. The number of carbonyl (C=O) groups is 2. The number of nitrogens with zero attached hydrogens (tertiary/aromatic N) is 1. The maximum Gasteiger partial charge on any atom is 0.419 e. The molecule has 4 nitrogen and oxygen atoms in total. The average molecular weight is 321 g/mol. The van der Waals surface area contributed by atoms with Crippen LogP contribution in [0.2, 0.25) is 0 Å². The summed E-state index contributed by atoms with van der Waals surface area (Å²) in [5.41, 5.74) is 1.85. The Hall–Kier alpha value is -2.88. The zero-order valence-corrected chi connectivity index (χ0v) is 13.5. The van der Waals surface area contributed by atoms with Gasteiger partial charge in [-0.2, -0.15) is 0 Å². The van der Waals surface area contributed by atoms with Gasteiger partial charge in [0.1, 0.15) is 6.04 Å². The summed E-state index contributed by atoms with van der Waals surface area (Å²) in [6.45, 7) is 5.62. The lowest BCUT2D eigenvalue weighted by Gasteiger charge is -2.32. The highest BCUT2D eigenvalue weighted by atomic mass is 16.6. The first-order valence-electron chi connectivity index (χ1n) is 7.90. The Morgan fingerprint density at radius 2 is 1.50 bits per heavy atom. The first-order chi connectivity index (χ1) is 11.6. The van der Waals surface area contributed by atoms with E-state index in [1.165, 1.54) is 4.90 Å². The molecule has 0 saturated carbocycles. The van der Waals surface area contributed by atoms with Gasteiger partial charge in [-0.15, -0.1) is 6.58 Å². The van der Waals surface area contributed by atoms with Crippen molar-refractivity contribution in [2.24, 2.45) is 5.92 Å².